The molecule has 0 aliphatic carbocycles. The molecule has 5 heteroatoms. The first kappa shape index (κ1) is 18.0. The molecule has 1 aromatic rings. The zero-order chi connectivity index (χ0) is 15.7. The molecule has 2 N–H and O–H groups in total. The molecule has 0 aliphatic rings. The van der Waals surface area contributed by atoms with Gasteiger partial charge < -0.3 is 9.84 Å². The summed E-state index contributed by atoms with van der Waals surface area (Å²) in [6.07, 6.45) is 0. The first-order valence-electron chi connectivity index (χ1n) is 7.18. The highest BCUT2D eigenvalue weighted by molar-refractivity contribution is 7.99. The van der Waals surface area contributed by atoms with E-state index in [0.717, 1.165) is 11.3 Å². The number of methoxy groups -OCH3 is 1. The van der Waals surface area contributed by atoms with Crippen molar-refractivity contribution in [3.8, 4) is 0 Å². The highest BCUT2D eigenvalue weighted by atomic mass is 32.2. The number of carbonyl (C=O) groups is 1. The van der Waals surface area contributed by atoms with E-state index in [1.807, 2.05) is 44.2 Å². The highest BCUT2D eigenvalue weighted by Gasteiger charge is 2.40. The molecule has 0 aliphatic heterocycles. The molecule has 0 aromatic heterocycles. The molecule has 0 heterocycles. The van der Waals surface area contributed by atoms with Crippen LogP contribution >= 0.6 is 11.8 Å². The molecule has 118 valence electrons. The second kappa shape index (κ2) is 9.07. The van der Waals surface area contributed by atoms with Gasteiger partial charge in [-0.25, -0.2) is 4.79 Å². The van der Waals surface area contributed by atoms with Crippen molar-refractivity contribution < 1.29 is 14.6 Å². The number of ether oxygens (including phenoxy) is 1. The molecule has 21 heavy (non-hydrogen) atoms. The van der Waals surface area contributed by atoms with Crippen LogP contribution in [-0.2, 0) is 15.1 Å². The summed E-state index contributed by atoms with van der Waals surface area (Å²) < 4.78 is 5.04. The van der Waals surface area contributed by atoms with Crippen LogP contribution in [0.4, 0.5) is 0 Å². The lowest BCUT2D eigenvalue weighted by molar-refractivity contribution is -0.148. The van der Waals surface area contributed by atoms with Crippen LogP contribution in [0.5, 0.6) is 0 Å². The average molecular weight is 311 g/mol. The summed E-state index contributed by atoms with van der Waals surface area (Å²) in [6.45, 7) is 4.79. The number of likely N-dealkylation sites (N-methyl/N-ethyl adjacent to an activating group) is 1. The molecule has 1 aromatic carbocycles. The standard InChI is InChI=1S/C16H25NO3S/c1-4-17-16(15(19)20-3,12-21-11-13(2)10-18)14-8-6-5-7-9-14/h5-9,13,17-18H,4,10-12H2,1-3H3. The van der Waals surface area contributed by atoms with Gasteiger partial charge in [-0.3, -0.25) is 5.32 Å². The van der Waals surface area contributed by atoms with E-state index in [0.29, 0.717) is 12.3 Å². The molecule has 0 saturated carbocycles. The average Bonchev–Trinajstić information content (AvgIpc) is 2.53. The van der Waals surface area contributed by atoms with Gasteiger partial charge in [0.05, 0.1) is 7.11 Å². The molecule has 0 spiro atoms. The van der Waals surface area contributed by atoms with Gasteiger partial charge in [0.15, 0.2) is 5.54 Å². The topological polar surface area (TPSA) is 58.6 Å². The number of thioether (sulfide) groups is 1. The van der Waals surface area contributed by atoms with Gasteiger partial charge in [0, 0.05) is 12.4 Å². The van der Waals surface area contributed by atoms with Crippen molar-refractivity contribution >= 4 is 17.7 Å². The Hall–Kier alpha value is -1.04. The predicted molar refractivity (Wildman–Crippen MR) is 87.4 cm³/mol. The SMILES string of the molecule is CCNC(CSCC(C)CO)(C(=O)OC)c1ccccc1. The smallest absolute Gasteiger partial charge is 0.331 e. The fourth-order valence-electron chi connectivity index (χ4n) is 2.15. The van der Waals surface area contributed by atoms with Crippen LogP contribution in [0.15, 0.2) is 30.3 Å². The fourth-order valence-corrected chi connectivity index (χ4v) is 3.47. The third-order valence-corrected chi connectivity index (χ3v) is 4.75. The van der Waals surface area contributed by atoms with Crippen molar-refractivity contribution in [2.24, 2.45) is 5.92 Å². The van der Waals surface area contributed by atoms with E-state index >= 15 is 0 Å². The summed E-state index contributed by atoms with van der Waals surface area (Å²) in [6, 6.07) is 9.65. The van der Waals surface area contributed by atoms with Gasteiger partial charge in [-0.1, -0.05) is 44.2 Å². The number of nitrogens with one attached hydrogen (secondary N) is 1. The Balaban J connectivity index is 2.99. The van der Waals surface area contributed by atoms with Crippen molar-refractivity contribution in [1.29, 1.82) is 0 Å². The van der Waals surface area contributed by atoms with E-state index in [4.69, 9.17) is 9.84 Å². The molecule has 2 unspecified atom stereocenters. The third-order valence-electron chi connectivity index (χ3n) is 3.31. The van der Waals surface area contributed by atoms with Crippen molar-refractivity contribution in [2.45, 2.75) is 19.4 Å². The summed E-state index contributed by atoms with van der Waals surface area (Å²) >= 11 is 1.65. The van der Waals surface area contributed by atoms with E-state index in [-0.39, 0.29) is 18.5 Å². The number of esters is 1. The van der Waals surface area contributed by atoms with Crippen LogP contribution < -0.4 is 5.32 Å². The molecule has 0 fully saturated rings. The van der Waals surface area contributed by atoms with E-state index in [9.17, 15) is 4.79 Å². The van der Waals surface area contributed by atoms with Crippen LogP contribution in [0.3, 0.4) is 0 Å². The minimum Gasteiger partial charge on any atom is -0.467 e. The minimum absolute atomic E-state index is 0.158. The van der Waals surface area contributed by atoms with E-state index in [1.165, 1.54) is 7.11 Å². The number of benzene rings is 1. The fraction of sp³-hybridized carbons (Fsp3) is 0.562. The molecule has 0 amide bonds. The third kappa shape index (κ3) is 4.73. The molecule has 1 rings (SSSR count). The van der Waals surface area contributed by atoms with Crippen LogP contribution in [0.2, 0.25) is 0 Å². The Morgan fingerprint density at radius 3 is 2.62 bits per heavy atom. The predicted octanol–water partition coefficient (Wildman–Crippen LogP) is 2.03. The maximum Gasteiger partial charge on any atom is 0.331 e. The molecule has 0 radical (unpaired) electrons. The lowest BCUT2D eigenvalue weighted by Gasteiger charge is -2.32. The van der Waals surface area contributed by atoms with Gasteiger partial charge in [-0.15, -0.1) is 0 Å². The summed E-state index contributed by atoms with van der Waals surface area (Å²) in [5.74, 6) is 1.30. The largest absolute Gasteiger partial charge is 0.467 e. The Kier molecular flexibility index (Phi) is 7.78. The number of hydrogen-bond donors (Lipinski definition) is 2. The molecule has 0 saturated heterocycles. The van der Waals surface area contributed by atoms with Gasteiger partial charge in [0.2, 0.25) is 0 Å². The summed E-state index contributed by atoms with van der Waals surface area (Å²) in [5, 5.41) is 12.4. The highest BCUT2D eigenvalue weighted by Crippen LogP contribution is 2.28. The molecular formula is C16H25NO3S. The number of rotatable bonds is 9. The van der Waals surface area contributed by atoms with Crippen molar-refractivity contribution in [2.75, 3.05) is 31.8 Å². The van der Waals surface area contributed by atoms with E-state index in [2.05, 4.69) is 5.32 Å². The van der Waals surface area contributed by atoms with Crippen LogP contribution in [0.1, 0.15) is 19.4 Å². The molecule has 4 nitrogen and oxygen atoms in total. The number of hydrogen-bond acceptors (Lipinski definition) is 5. The van der Waals surface area contributed by atoms with Gasteiger partial charge in [-0.05, 0) is 23.8 Å². The second-order valence-electron chi connectivity index (χ2n) is 5.10. The van der Waals surface area contributed by atoms with Crippen molar-refractivity contribution in [3.05, 3.63) is 35.9 Å². The maximum atomic E-state index is 12.4. The van der Waals surface area contributed by atoms with Crippen molar-refractivity contribution in [3.63, 3.8) is 0 Å². The van der Waals surface area contributed by atoms with Crippen LogP contribution in [0.25, 0.3) is 0 Å². The van der Waals surface area contributed by atoms with Crippen molar-refractivity contribution in [1.82, 2.24) is 5.32 Å². The number of aliphatic hydroxyl groups is 1. The summed E-state index contributed by atoms with van der Waals surface area (Å²) in [4.78, 5) is 12.4. The zero-order valence-corrected chi connectivity index (χ0v) is 13.8. The number of carbonyl (C=O) groups excluding carboxylic acids is 1. The summed E-state index contributed by atoms with van der Waals surface area (Å²) in [5.41, 5.74) is 0.0628. The zero-order valence-electron chi connectivity index (χ0n) is 13.0. The Morgan fingerprint density at radius 2 is 2.10 bits per heavy atom. The van der Waals surface area contributed by atoms with E-state index in [1.54, 1.807) is 11.8 Å². The molecule has 2 atom stereocenters. The Bertz CT molecular complexity index is 427. The minimum atomic E-state index is -0.843. The van der Waals surface area contributed by atoms with Crippen LogP contribution in [-0.4, -0.2) is 42.8 Å². The maximum absolute atomic E-state index is 12.4. The van der Waals surface area contributed by atoms with E-state index < -0.39 is 5.54 Å². The first-order chi connectivity index (χ1) is 10.1. The van der Waals surface area contributed by atoms with Gasteiger partial charge in [0.1, 0.15) is 0 Å². The van der Waals surface area contributed by atoms with Gasteiger partial charge in [-0.2, -0.15) is 11.8 Å². The monoisotopic (exact) mass is 311 g/mol. The lowest BCUT2D eigenvalue weighted by Crippen LogP contribution is -2.52. The van der Waals surface area contributed by atoms with Gasteiger partial charge in [0.25, 0.3) is 0 Å². The molecular weight excluding hydrogens is 286 g/mol. The quantitative estimate of drug-likeness (QED) is 0.683. The Labute approximate surface area is 131 Å². The Morgan fingerprint density at radius 1 is 1.43 bits per heavy atom. The van der Waals surface area contributed by atoms with Crippen LogP contribution in [0, 0.1) is 5.92 Å². The first-order valence-corrected chi connectivity index (χ1v) is 8.33. The number of aliphatic hydroxyl groups excluding tert-OH is 1. The second-order valence-corrected chi connectivity index (χ2v) is 6.13. The summed E-state index contributed by atoms with van der Waals surface area (Å²) in [7, 11) is 1.42. The molecule has 0 bridgehead atoms. The normalized spacial score (nSPS) is 15.2. The lowest BCUT2D eigenvalue weighted by atomic mass is 9.91. The van der Waals surface area contributed by atoms with Gasteiger partial charge >= 0.3 is 5.97 Å².